The molecule has 0 aromatic carbocycles. The van der Waals surface area contributed by atoms with Crippen LogP contribution in [0.5, 0.6) is 0 Å². The Hall–Kier alpha value is -2.22. The molecule has 0 spiro atoms. The summed E-state index contributed by atoms with van der Waals surface area (Å²) in [7, 11) is 1.90. The van der Waals surface area contributed by atoms with Crippen LogP contribution >= 0.6 is 0 Å². The van der Waals surface area contributed by atoms with E-state index in [1.807, 2.05) is 37.4 Å². The molecular weight excluding hydrogens is 296 g/mol. The van der Waals surface area contributed by atoms with E-state index in [1.54, 1.807) is 0 Å². The van der Waals surface area contributed by atoms with Crippen molar-refractivity contribution in [1.82, 2.24) is 29.9 Å². The van der Waals surface area contributed by atoms with E-state index in [0.717, 1.165) is 22.8 Å². The second-order valence-electron chi connectivity index (χ2n) is 5.93. The van der Waals surface area contributed by atoms with E-state index in [2.05, 4.69) is 20.3 Å². The van der Waals surface area contributed by atoms with Crippen molar-refractivity contribution in [3.05, 3.63) is 28.6 Å². The lowest BCUT2D eigenvalue weighted by atomic mass is 10.1. The molecule has 0 radical (unpaired) electrons. The third kappa shape index (κ3) is 3.12. The summed E-state index contributed by atoms with van der Waals surface area (Å²) in [5.74, 6) is 1.44. The molecule has 3 rings (SSSR count). The third-order valence-electron chi connectivity index (χ3n) is 4.31. The number of nitrogens with zero attached hydrogens (tertiary/aromatic N) is 5. The van der Waals surface area contributed by atoms with Gasteiger partial charge in [0, 0.05) is 24.8 Å². The number of hydrogen-bond donors (Lipinski definition) is 1. The average molecular weight is 318 g/mol. The zero-order chi connectivity index (χ0) is 16.6. The standard InChI is InChI=1S/C15H22N6O2/c1-9-12(10(2)20(4)19-9)7-14(22)21-5-6-23-13(8-21)15-16-11(3)17-18-15/h13H,5-8H2,1-4H3,(H,16,17,18). The van der Waals surface area contributed by atoms with Crippen molar-refractivity contribution in [2.75, 3.05) is 19.7 Å². The minimum Gasteiger partial charge on any atom is -0.366 e. The van der Waals surface area contributed by atoms with Crippen molar-refractivity contribution in [3.63, 3.8) is 0 Å². The number of carbonyl (C=O) groups is 1. The second-order valence-corrected chi connectivity index (χ2v) is 5.93. The van der Waals surface area contributed by atoms with Gasteiger partial charge in [-0.2, -0.15) is 10.2 Å². The van der Waals surface area contributed by atoms with Crippen LogP contribution in [0.25, 0.3) is 0 Å². The van der Waals surface area contributed by atoms with Crippen LogP contribution < -0.4 is 0 Å². The summed E-state index contributed by atoms with van der Waals surface area (Å²) in [5.41, 5.74) is 2.95. The number of morpholine rings is 1. The van der Waals surface area contributed by atoms with Crippen molar-refractivity contribution in [2.24, 2.45) is 7.05 Å². The molecule has 0 saturated carbocycles. The van der Waals surface area contributed by atoms with Crippen LogP contribution in [0.2, 0.25) is 0 Å². The molecule has 1 aliphatic heterocycles. The molecule has 0 bridgehead atoms. The van der Waals surface area contributed by atoms with Crippen molar-refractivity contribution < 1.29 is 9.53 Å². The topological polar surface area (TPSA) is 88.9 Å². The van der Waals surface area contributed by atoms with E-state index in [1.165, 1.54) is 0 Å². The Kier molecular flexibility index (Phi) is 4.16. The van der Waals surface area contributed by atoms with Gasteiger partial charge in [0.1, 0.15) is 11.9 Å². The molecule has 1 N–H and O–H groups in total. The minimum atomic E-state index is -0.270. The molecule has 2 aromatic rings. The molecule has 8 heteroatoms. The lowest BCUT2D eigenvalue weighted by molar-refractivity contribution is -0.138. The van der Waals surface area contributed by atoms with Crippen LogP contribution in [0.15, 0.2) is 0 Å². The molecule has 124 valence electrons. The lowest BCUT2D eigenvalue weighted by Crippen LogP contribution is -2.43. The number of ether oxygens (including phenoxy) is 1. The number of carbonyl (C=O) groups excluding carboxylic acids is 1. The molecule has 3 heterocycles. The van der Waals surface area contributed by atoms with E-state index < -0.39 is 0 Å². The number of rotatable bonds is 3. The first-order chi connectivity index (χ1) is 11.0. The van der Waals surface area contributed by atoms with Gasteiger partial charge in [0.15, 0.2) is 5.82 Å². The molecule has 1 amide bonds. The lowest BCUT2D eigenvalue weighted by Gasteiger charge is -2.31. The van der Waals surface area contributed by atoms with Crippen LogP contribution in [0.3, 0.4) is 0 Å². The van der Waals surface area contributed by atoms with E-state index in [-0.39, 0.29) is 12.0 Å². The zero-order valence-corrected chi connectivity index (χ0v) is 14.0. The van der Waals surface area contributed by atoms with E-state index >= 15 is 0 Å². The zero-order valence-electron chi connectivity index (χ0n) is 14.0. The summed E-state index contributed by atoms with van der Waals surface area (Å²) < 4.78 is 7.52. The molecule has 1 atom stereocenters. The normalized spacial score (nSPS) is 18.4. The summed E-state index contributed by atoms with van der Waals surface area (Å²) in [4.78, 5) is 18.8. The van der Waals surface area contributed by atoms with Crippen LogP contribution in [0.4, 0.5) is 0 Å². The van der Waals surface area contributed by atoms with Crippen LogP contribution in [-0.4, -0.2) is 55.5 Å². The van der Waals surface area contributed by atoms with Gasteiger partial charge in [0.25, 0.3) is 0 Å². The SMILES string of the molecule is Cc1nc(C2CN(C(=O)Cc3c(C)nn(C)c3C)CCO2)n[nH]1. The maximum absolute atomic E-state index is 12.6. The molecular formula is C15H22N6O2. The summed E-state index contributed by atoms with van der Waals surface area (Å²) >= 11 is 0. The maximum Gasteiger partial charge on any atom is 0.227 e. The number of nitrogens with one attached hydrogen (secondary N) is 1. The number of aromatic amines is 1. The molecule has 8 nitrogen and oxygen atoms in total. The van der Waals surface area contributed by atoms with E-state index in [0.29, 0.717) is 31.9 Å². The van der Waals surface area contributed by atoms with Crippen LogP contribution in [0, 0.1) is 20.8 Å². The van der Waals surface area contributed by atoms with Gasteiger partial charge in [-0.05, 0) is 20.8 Å². The fraction of sp³-hybridized carbons (Fsp3) is 0.600. The molecule has 2 aromatic heterocycles. The van der Waals surface area contributed by atoms with Gasteiger partial charge in [-0.3, -0.25) is 14.6 Å². The fourth-order valence-corrected chi connectivity index (χ4v) is 2.87. The van der Waals surface area contributed by atoms with E-state index in [4.69, 9.17) is 4.74 Å². The van der Waals surface area contributed by atoms with Crippen LogP contribution in [0.1, 0.15) is 34.7 Å². The summed E-state index contributed by atoms with van der Waals surface area (Å²) in [5, 5.41) is 11.3. The number of aromatic nitrogens is 5. The summed E-state index contributed by atoms with van der Waals surface area (Å²) in [6, 6.07) is 0. The maximum atomic E-state index is 12.6. The van der Waals surface area contributed by atoms with Gasteiger partial charge in [0.2, 0.25) is 5.91 Å². The Morgan fingerprint density at radius 1 is 1.39 bits per heavy atom. The average Bonchev–Trinajstić information content (AvgIpc) is 3.06. The number of H-pyrrole nitrogens is 1. The molecule has 23 heavy (non-hydrogen) atoms. The minimum absolute atomic E-state index is 0.0877. The molecule has 0 aliphatic carbocycles. The first-order valence-corrected chi connectivity index (χ1v) is 7.73. The summed E-state index contributed by atoms with van der Waals surface area (Å²) in [6.45, 7) is 7.34. The highest BCUT2D eigenvalue weighted by atomic mass is 16.5. The smallest absolute Gasteiger partial charge is 0.227 e. The van der Waals surface area contributed by atoms with Crippen molar-refractivity contribution in [2.45, 2.75) is 33.3 Å². The molecule has 1 fully saturated rings. The molecule has 1 saturated heterocycles. The predicted molar refractivity (Wildman–Crippen MR) is 82.8 cm³/mol. The first-order valence-electron chi connectivity index (χ1n) is 7.73. The second kappa shape index (κ2) is 6.11. The predicted octanol–water partition coefficient (Wildman–Crippen LogP) is 0.606. The largest absolute Gasteiger partial charge is 0.366 e. The Morgan fingerprint density at radius 2 is 2.17 bits per heavy atom. The van der Waals surface area contributed by atoms with Crippen LogP contribution in [-0.2, 0) is 23.0 Å². The quantitative estimate of drug-likeness (QED) is 0.895. The molecule has 1 unspecified atom stereocenters. The fourth-order valence-electron chi connectivity index (χ4n) is 2.87. The summed E-state index contributed by atoms with van der Waals surface area (Å²) in [6.07, 6.45) is 0.0966. The highest BCUT2D eigenvalue weighted by Crippen LogP contribution is 2.21. The van der Waals surface area contributed by atoms with Crippen molar-refractivity contribution >= 4 is 5.91 Å². The van der Waals surface area contributed by atoms with Gasteiger partial charge in [-0.25, -0.2) is 4.98 Å². The van der Waals surface area contributed by atoms with Crippen molar-refractivity contribution in [1.29, 1.82) is 0 Å². The van der Waals surface area contributed by atoms with E-state index in [9.17, 15) is 4.79 Å². The Labute approximate surface area is 134 Å². The van der Waals surface area contributed by atoms with Gasteiger partial charge < -0.3 is 9.64 Å². The van der Waals surface area contributed by atoms with Gasteiger partial charge in [-0.1, -0.05) is 0 Å². The monoisotopic (exact) mass is 318 g/mol. The Bertz CT molecular complexity index is 720. The van der Waals surface area contributed by atoms with Gasteiger partial charge in [-0.15, -0.1) is 0 Å². The number of amides is 1. The Morgan fingerprint density at radius 3 is 2.78 bits per heavy atom. The van der Waals surface area contributed by atoms with Gasteiger partial charge >= 0.3 is 0 Å². The molecule has 1 aliphatic rings. The highest BCUT2D eigenvalue weighted by Gasteiger charge is 2.28. The van der Waals surface area contributed by atoms with Crippen molar-refractivity contribution in [3.8, 4) is 0 Å². The van der Waals surface area contributed by atoms with Gasteiger partial charge in [0.05, 0.1) is 25.3 Å². The third-order valence-corrected chi connectivity index (χ3v) is 4.31. The first kappa shape index (κ1) is 15.7. The number of hydrogen-bond acceptors (Lipinski definition) is 5. The Balaban J connectivity index is 1.70. The highest BCUT2D eigenvalue weighted by molar-refractivity contribution is 5.79. The number of aryl methyl sites for hydroxylation is 3.